The summed E-state index contributed by atoms with van der Waals surface area (Å²) in [6, 6.07) is 7.14. The number of rotatable bonds is 6. The molecule has 148 valence electrons. The van der Waals surface area contributed by atoms with Crippen molar-refractivity contribution in [2.75, 3.05) is 44.7 Å². The summed E-state index contributed by atoms with van der Waals surface area (Å²) >= 11 is 0. The van der Waals surface area contributed by atoms with Crippen molar-refractivity contribution < 1.29 is 23.1 Å². The van der Waals surface area contributed by atoms with E-state index in [0.717, 1.165) is 5.69 Å². The van der Waals surface area contributed by atoms with Gasteiger partial charge in [-0.15, -0.1) is 0 Å². The molecule has 2 fully saturated rings. The van der Waals surface area contributed by atoms with Crippen molar-refractivity contribution in [2.45, 2.75) is 25.2 Å². The Hall–Kier alpha value is -2.22. The summed E-state index contributed by atoms with van der Waals surface area (Å²) in [6.45, 7) is 1.97. The van der Waals surface area contributed by atoms with Gasteiger partial charge in [0.1, 0.15) is 5.75 Å². The first-order valence-corrected chi connectivity index (χ1v) is 9.20. The Morgan fingerprint density at radius 1 is 1.26 bits per heavy atom. The summed E-state index contributed by atoms with van der Waals surface area (Å²) < 4.78 is 31.4. The van der Waals surface area contributed by atoms with Crippen LogP contribution >= 0.6 is 0 Å². The highest BCUT2D eigenvalue weighted by molar-refractivity contribution is 6.00. The van der Waals surface area contributed by atoms with Crippen molar-refractivity contribution in [3.05, 3.63) is 24.3 Å². The molecule has 1 N–H and O–H groups in total. The molecule has 0 spiro atoms. The van der Waals surface area contributed by atoms with Crippen LogP contribution in [-0.4, -0.2) is 62.5 Å². The van der Waals surface area contributed by atoms with Crippen LogP contribution in [-0.2, 0) is 9.59 Å². The third-order valence-electron chi connectivity index (χ3n) is 5.19. The van der Waals surface area contributed by atoms with E-state index in [1.807, 2.05) is 4.90 Å². The van der Waals surface area contributed by atoms with Crippen LogP contribution in [0.2, 0.25) is 0 Å². The van der Waals surface area contributed by atoms with E-state index in [-0.39, 0.29) is 31.1 Å². The number of methoxy groups -OCH3 is 1. The number of halogens is 2. The van der Waals surface area contributed by atoms with Crippen molar-refractivity contribution in [3.8, 4) is 5.75 Å². The van der Waals surface area contributed by atoms with Crippen LogP contribution in [0.25, 0.3) is 0 Å². The first kappa shape index (κ1) is 19.5. The molecule has 1 unspecified atom stereocenters. The summed E-state index contributed by atoms with van der Waals surface area (Å²) in [6.07, 6.45) is -0.0857. The van der Waals surface area contributed by atoms with E-state index >= 15 is 0 Å². The molecule has 1 atom stereocenters. The Morgan fingerprint density at radius 3 is 2.56 bits per heavy atom. The Labute approximate surface area is 157 Å². The van der Waals surface area contributed by atoms with Gasteiger partial charge >= 0.3 is 0 Å². The van der Waals surface area contributed by atoms with E-state index in [1.54, 1.807) is 36.3 Å². The predicted molar refractivity (Wildman–Crippen MR) is 97.1 cm³/mol. The average Bonchev–Trinajstić information content (AvgIpc) is 3.05. The lowest BCUT2D eigenvalue weighted by Crippen LogP contribution is -2.44. The number of alkyl halides is 2. The van der Waals surface area contributed by atoms with E-state index in [2.05, 4.69) is 5.32 Å². The highest BCUT2D eigenvalue weighted by Crippen LogP contribution is 2.28. The van der Waals surface area contributed by atoms with Gasteiger partial charge in [0.2, 0.25) is 11.8 Å². The second kappa shape index (κ2) is 8.21. The molecule has 2 saturated heterocycles. The number of carbonyl (C=O) groups is 2. The lowest BCUT2D eigenvalue weighted by atomic mass is 10.1. The molecule has 8 heteroatoms. The molecule has 2 aliphatic rings. The minimum Gasteiger partial charge on any atom is -0.497 e. The second-order valence-corrected chi connectivity index (χ2v) is 7.09. The topological polar surface area (TPSA) is 61.9 Å². The minimum absolute atomic E-state index is 0.0846. The number of hydrogen-bond donors (Lipinski definition) is 1. The quantitative estimate of drug-likeness (QED) is 0.818. The SMILES string of the molecule is COc1ccc(N2CC(C(=O)NCCN3CCC(F)(F)CC3)CC2=O)cc1. The van der Waals surface area contributed by atoms with E-state index < -0.39 is 11.8 Å². The molecule has 2 aliphatic heterocycles. The minimum atomic E-state index is -2.56. The van der Waals surface area contributed by atoms with Crippen molar-refractivity contribution >= 4 is 17.5 Å². The largest absolute Gasteiger partial charge is 0.497 e. The van der Waals surface area contributed by atoms with Gasteiger partial charge in [0.05, 0.1) is 13.0 Å². The Bertz CT molecular complexity index is 671. The van der Waals surface area contributed by atoms with Crippen LogP contribution in [0.1, 0.15) is 19.3 Å². The molecular weight excluding hydrogens is 356 g/mol. The summed E-state index contributed by atoms with van der Waals surface area (Å²) in [4.78, 5) is 28.2. The summed E-state index contributed by atoms with van der Waals surface area (Å²) in [5.41, 5.74) is 0.741. The molecule has 2 amide bonds. The molecule has 0 aromatic heterocycles. The summed E-state index contributed by atoms with van der Waals surface area (Å²) in [7, 11) is 1.58. The number of hydrogen-bond acceptors (Lipinski definition) is 4. The lowest BCUT2D eigenvalue weighted by Gasteiger charge is -2.31. The summed E-state index contributed by atoms with van der Waals surface area (Å²) in [5.74, 6) is -2.50. The Balaban J connectivity index is 1.45. The zero-order valence-corrected chi connectivity index (χ0v) is 15.4. The molecule has 3 rings (SSSR count). The average molecular weight is 381 g/mol. The van der Waals surface area contributed by atoms with E-state index in [1.165, 1.54) is 0 Å². The van der Waals surface area contributed by atoms with E-state index in [4.69, 9.17) is 4.74 Å². The number of ether oxygens (including phenoxy) is 1. The van der Waals surface area contributed by atoms with Crippen LogP contribution in [0.4, 0.5) is 14.5 Å². The first-order chi connectivity index (χ1) is 12.9. The fourth-order valence-electron chi connectivity index (χ4n) is 3.48. The highest BCUT2D eigenvalue weighted by Gasteiger charge is 2.36. The molecule has 2 heterocycles. The van der Waals surface area contributed by atoms with Crippen LogP contribution in [0.15, 0.2) is 24.3 Å². The fraction of sp³-hybridized carbons (Fsp3) is 0.579. The number of carbonyl (C=O) groups excluding carboxylic acids is 2. The molecule has 0 bridgehead atoms. The smallest absolute Gasteiger partial charge is 0.250 e. The molecule has 27 heavy (non-hydrogen) atoms. The van der Waals surface area contributed by atoms with Crippen molar-refractivity contribution in [1.82, 2.24) is 10.2 Å². The zero-order chi connectivity index (χ0) is 19.4. The highest BCUT2D eigenvalue weighted by atomic mass is 19.3. The van der Waals surface area contributed by atoms with Gasteiger partial charge in [-0.3, -0.25) is 9.59 Å². The van der Waals surface area contributed by atoms with Crippen LogP contribution in [0.3, 0.4) is 0 Å². The Kier molecular flexibility index (Phi) is 5.94. The third kappa shape index (κ3) is 4.94. The van der Waals surface area contributed by atoms with Crippen LogP contribution in [0, 0.1) is 5.92 Å². The monoisotopic (exact) mass is 381 g/mol. The van der Waals surface area contributed by atoms with E-state index in [0.29, 0.717) is 38.5 Å². The number of piperidine rings is 1. The van der Waals surface area contributed by atoms with Crippen molar-refractivity contribution in [1.29, 1.82) is 0 Å². The normalized spacial score (nSPS) is 22.7. The van der Waals surface area contributed by atoms with Gasteiger partial charge in [0.15, 0.2) is 0 Å². The predicted octanol–water partition coefficient (Wildman–Crippen LogP) is 1.90. The maximum absolute atomic E-state index is 13.1. The van der Waals surface area contributed by atoms with Crippen LogP contribution < -0.4 is 15.0 Å². The van der Waals surface area contributed by atoms with Gasteiger partial charge in [0, 0.05) is 57.7 Å². The second-order valence-electron chi connectivity index (χ2n) is 7.09. The number of nitrogens with zero attached hydrogens (tertiary/aromatic N) is 2. The zero-order valence-electron chi connectivity index (χ0n) is 15.4. The van der Waals surface area contributed by atoms with Gasteiger partial charge in [-0.25, -0.2) is 8.78 Å². The number of nitrogens with one attached hydrogen (secondary N) is 1. The molecule has 1 aromatic carbocycles. The molecule has 6 nitrogen and oxygen atoms in total. The molecule has 0 aliphatic carbocycles. The van der Waals surface area contributed by atoms with Gasteiger partial charge in [-0.1, -0.05) is 0 Å². The third-order valence-corrected chi connectivity index (χ3v) is 5.19. The van der Waals surface area contributed by atoms with Gasteiger partial charge < -0.3 is 19.9 Å². The summed E-state index contributed by atoms with van der Waals surface area (Å²) in [5, 5.41) is 2.84. The number of amides is 2. The lowest BCUT2D eigenvalue weighted by molar-refractivity contribution is -0.126. The van der Waals surface area contributed by atoms with Gasteiger partial charge in [-0.05, 0) is 24.3 Å². The number of likely N-dealkylation sites (tertiary alicyclic amines) is 1. The molecule has 1 aromatic rings. The number of anilines is 1. The van der Waals surface area contributed by atoms with Gasteiger partial charge in [0.25, 0.3) is 5.92 Å². The molecule has 0 radical (unpaired) electrons. The Morgan fingerprint density at radius 2 is 1.93 bits per heavy atom. The molecular formula is C19H25F2N3O3. The fourth-order valence-corrected chi connectivity index (χ4v) is 3.48. The molecule has 0 saturated carbocycles. The maximum Gasteiger partial charge on any atom is 0.250 e. The first-order valence-electron chi connectivity index (χ1n) is 9.20. The van der Waals surface area contributed by atoms with E-state index in [9.17, 15) is 18.4 Å². The standard InChI is InChI=1S/C19H25F2N3O3/c1-27-16-4-2-15(3-5-16)24-13-14(12-17(24)25)18(26)22-8-11-23-9-6-19(20,21)7-10-23/h2-5,14H,6-13H2,1H3,(H,22,26). The van der Waals surface area contributed by atoms with Crippen LogP contribution in [0.5, 0.6) is 5.75 Å². The van der Waals surface area contributed by atoms with Gasteiger partial charge in [-0.2, -0.15) is 0 Å². The van der Waals surface area contributed by atoms with Crippen molar-refractivity contribution in [2.24, 2.45) is 5.92 Å². The maximum atomic E-state index is 13.1. The number of benzene rings is 1. The van der Waals surface area contributed by atoms with Crippen molar-refractivity contribution in [3.63, 3.8) is 0 Å².